The molecular formula is C18H22BrNO. The normalized spacial score (nSPS) is 12.1. The van der Waals surface area contributed by atoms with Crippen molar-refractivity contribution < 1.29 is 4.74 Å². The second-order valence-corrected chi connectivity index (χ2v) is 6.23. The smallest absolute Gasteiger partial charge is 0.119 e. The summed E-state index contributed by atoms with van der Waals surface area (Å²) in [6, 6.07) is 16.9. The Morgan fingerprint density at radius 3 is 2.33 bits per heavy atom. The number of halogens is 1. The van der Waals surface area contributed by atoms with Crippen LogP contribution in [0.2, 0.25) is 0 Å². The van der Waals surface area contributed by atoms with Crippen LogP contribution >= 0.6 is 15.9 Å². The fourth-order valence-electron chi connectivity index (χ4n) is 2.64. The third kappa shape index (κ3) is 5.18. The summed E-state index contributed by atoms with van der Waals surface area (Å²) in [7, 11) is 3.73. The van der Waals surface area contributed by atoms with E-state index in [-0.39, 0.29) is 0 Å². The Balaban J connectivity index is 2.07. The van der Waals surface area contributed by atoms with E-state index in [9.17, 15) is 0 Å². The van der Waals surface area contributed by atoms with Crippen molar-refractivity contribution in [2.45, 2.75) is 12.8 Å². The highest BCUT2D eigenvalue weighted by Gasteiger charge is 2.11. The van der Waals surface area contributed by atoms with Gasteiger partial charge in [-0.25, -0.2) is 0 Å². The van der Waals surface area contributed by atoms with E-state index in [0.29, 0.717) is 5.92 Å². The van der Waals surface area contributed by atoms with Crippen molar-refractivity contribution in [3.8, 4) is 5.75 Å². The molecule has 0 fully saturated rings. The average molecular weight is 348 g/mol. The minimum absolute atomic E-state index is 0.566. The molecule has 0 saturated heterocycles. The van der Waals surface area contributed by atoms with Crippen molar-refractivity contribution in [1.29, 1.82) is 0 Å². The van der Waals surface area contributed by atoms with Gasteiger partial charge in [0.25, 0.3) is 0 Å². The molecule has 0 aliphatic carbocycles. The van der Waals surface area contributed by atoms with Gasteiger partial charge in [-0.1, -0.05) is 40.2 Å². The predicted molar refractivity (Wildman–Crippen MR) is 92.0 cm³/mol. The van der Waals surface area contributed by atoms with Crippen molar-refractivity contribution in [1.82, 2.24) is 5.32 Å². The van der Waals surface area contributed by atoms with Gasteiger partial charge in [0.05, 0.1) is 7.11 Å². The summed E-state index contributed by atoms with van der Waals surface area (Å²) in [6.07, 6.45) is 2.11. The van der Waals surface area contributed by atoms with E-state index in [1.165, 1.54) is 11.1 Å². The molecule has 0 amide bonds. The molecule has 0 heterocycles. The number of hydrogen-bond donors (Lipinski definition) is 1. The Kier molecular flexibility index (Phi) is 6.27. The highest BCUT2D eigenvalue weighted by Crippen LogP contribution is 2.20. The van der Waals surface area contributed by atoms with Crippen LogP contribution in [-0.2, 0) is 12.8 Å². The van der Waals surface area contributed by atoms with E-state index in [4.69, 9.17) is 4.74 Å². The Morgan fingerprint density at radius 2 is 1.71 bits per heavy atom. The molecule has 2 rings (SSSR count). The van der Waals surface area contributed by atoms with Crippen LogP contribution in [-0.4, -0.2) is 20.7 Å². The lowest BCUT2D eigenvalue weighted by atomic mass is 9.92. The maximum atomic E-state index is 5.31. The number of rotatable bonds is 7. The molecule has 2 aromatic carbocycles. The summed E-state index contributed by atoms with van der Waals surface area (Å²) >= 11 is 3.54. The Bertz CT molecular complexity index is 571. The zero-order valence-electron chi connectivity index (χ0n) is 12.6. The first-order valence-corrected chi connectivity index (χ1v) is 8.02. The lowest BCUT2D eigenvalue weighted by Gasteiger charge is -2.17. The fourth-order valence-corrected chi connectivity index (χ4v) is 3.08. The summed E-state index contributed by atoms with van der Waals surface area (Å²) < 4.78 is 6.45. The van der Waals surface area contributed by atoms with Gasteiger partial charge in [0.15, 0.2) is 0 Å². The molecule has 2 aromatic rings. The average Bonchev–Trinajstić information content (AvgIpc) is 2.48. The van der Waals surface area contributed by atoms with Crippen LogP contribution in [0.3, 0.4) is 0 Å². The molecule has 0 aliphatic heterocycles. The van der Waals surface area contributed by atoms with Crippen LogP contribution in [0.1, 0.15) is 11.1 Å². The quantitative estimate of drug-likeness (QED) is 0.814. The number of ether oxygens (including phenoxy) is 1. The summed E-state index contributed by atoms with van der Waals surface area (Å²) in [4.78, 5) is 0. The molecule has 21 heavy (non-hydrogen) atoms. The minimum atomic E-state index is 0.566. The van der Waals surface area contributed by atoms with Gasteiger partial charge < -0.3 is 10.1 Å². The first kappa shape index (κ1) is 16.1. The zero-order chi connectivity index (χ0) is 15.1. The maximum Gasteiger partial charge on any atom is 0.119 e. The van der Waals surface area contributed by atoms with Gasteiger partial charge >= 0.3 is 0 Å². The van der Waals surface area contributed by atoms with E-state index < -0.39 is 0 Å². The van der Waals surface area contributed by atoms with Crippen molar-refractivity contribution in [2.75, 3.05) is 20.7 Å². The molecule has 0 bridgehead atoms. The van der Waals surface area contributed by atoms with E-state index in [0.717, 1.165) is 29.6 Å². The van der Waals surface area contributed by atoms with Crippen molar-refractivity contribution in [2.24, 2.45) is 5.92 Å². The second-order valence-electron chi connectivity index (χ2n) is 5.31. The highest BCUT2D eigenvalue weighted by molar-refractivity contribution is 9.10. The third-order valence-corrected chi connectivity index (χ3v) is 4.06. The molecule has 0 aliphatic rings. The number of benzene rings is 2. The molecule has 2 nitrogen and oxygen atoms in total. The molecule has 112 valence electrons. The Labute approximate surface area is 135 Å². The van der Waals surface area contributed by atoms with Crippen molar-refractivity contribution >= 4 is 15.9 Å². The molecular weight excluding hydrogens is 326 g/mol. The lowest BCUT2D eigenvalue weighted by Crippen LogP contribution is -2.22. The summed E-state index contributed by atoms with van der Waals surface area (Å²) in [6.45, 7) is 1.00. The fraction of sp³-hybridized carbons (Fsp3) is 0.333. The van der Waals surface area contributed by atoms with Gasteiger partial charge in [0, 0.05) is 4.47 Å². The lowest BCUT2D eigenvalue weighted by molar-refractivity contribution is 0.413. The van der Waals surface area contributed by atoms with Crippen molar-refractivity contribution in [3.05, 3.63) is 64.1 Å². The number of hydrogen-bond acceptors (Lipinski definition) is 2. The third-order valence-electron chi connectivity index (χ3n) is 3.56. The van der Waals surface area contributed by atoms with Gasteiger partial charge in [0.1, 0.15) is 5.75 Å². The standard InChI is InChI=1S/C18H22BrNO/c1-20-13-16(9-14-5-3-7-17(19)11-14)10-15-6-4-8-18(12-15)21-2/h3-8,11-12,16,20H,9-10,13H2,1-2H3. The molecule has 1 unspecified atom stereocenters. The van der Waals surface area contributed by atoms with E-state index >= 15 is 0 Å². The highest BCUT2D eigenvalue weighted by atomic mass is 79.9. The topological polar surface area (TPSA) is 21.3 Å². The van der Waals surface area contributed by atoms with Crippen LogP contribution in [0, 0.1) is 5.92 Å². The van der Waals surface area contributed by atoms with Gasteiger partial charge in [-0.3, -0.25) is 0 Å². The maximum absolute atomic E-state index is 5.31. The largest absolute Gasteiger partial charge is 0.497 e. The predicted octanol–water partition coefficient (Wildman–Crippen LogP) is 4.08. The molecule has 0 radical (unpaired) electrons. The first-order valence-electron chi connectivity index (χ1n) is 7.23. The molecule has 3 heteroatoms. The van der Waals surface area contributed by atoms with E-state index in [2.05, 4.69) is 63.7 Å². The van der Waals surface area contributed by atoms with Crippen LogP contribution in [0.5, 0.6) is 5.75 Å². The summed E-state index contributed by atoms with van der Waals surface area (Å²) in [5.74, 6) is 1.49. The van der Waals surface area contributed by atoms with Crippen LogP contribution in [0.25, 0.3) is 0 Å². The number of methoxy groups -OCH3 is 1. The monoisotopic (exact) mass is 347 g/mol. The van der Waals surface area contributed by atoms with E-state index in [1.54, 1.807) is 7.11 Å². The van der Waals surface area contributed by atoms with E-state index in [1.807, 2.05) is 13.1 Å². The van der Waals surface area contributed by atoms with Crippen LogP contribution in [0.4, 0.5) is 0 Å². The molecule has 1 atom stereocenters. The van der Waals surface area contributed by atoms with Crippen molar-refractivity contribution in [3.63, 3.8) is 0 Å². The Hall–Kier alpha value is -1.32. The minimum Gasteiger partial charge on any atom is -0.497 e. The SMILES string of the molecule is CNCC(Cc1cccc(Br)c1)Cc1cccc(OC)c1. The molecule has 0 aromatic heterocycles. The summed E-state index contributed by atoms with van der Waals surface area (Å²) in [5.41, 5.74) is 2.69. The van der Waals surface area contributed by atoms with Crippen LogP contribution in [0.15, 0.2) is 53.0 Å². The number of nitrogens with one attached hydrogen (secondary N) is 1. The molecule has 0 saturated carbocycles. The van der Waals surface area contributed by atoms with Gasteiger partial charge in [0.2, 0.25) is 0 Å². The summed E-state index contributed by atoms with van der Waals surface area (Å²) in [5, 5.41) is 3.31. The zero-order valence-corrected chi connectivity index (χ0v) is 14.2. The Morgan fingerprint density at radius 1 is 1.05 bits per heavy atom. The first-order chi connectivity index (χ1) is 10.2. The van der Waals surface area contributed by atoms with Crippen LogP contribution < -0.4 is 10.1 Å². The van der Waals surface area contributed by atoms with Gasteiger partial charge in [-0.05, 0) is 67.7 Å². The molecule has 0 spiro atoms. The van der Waals surface area contributed by atoms with Gasteiger partial charge in [-0.15, -0.1) is 0 Å². The molecule has 1 N–H and O–H groups in total. The second kappa shape index (κ2) is 8.20. The van der Waals surface area contributed by atoms with Gasteiger partial charge in [-0.2, -0.15) is 0 Å².